The van der Waals surface area contributed by atoms with E-state index in [1.54, 1.807) is 18.3 Å². The number of amidine groups is 1. The highest BCUT2D eigenvalue weighted by atomic mass is 32.1. The van der Waals surface area contributed by atoms with Crippen molar-refractivity contribution in [3.8, 4) is 0 Å². The van der Waals surface area contributed by atoms with Crippen LogP contribution in [0.2, 0.25) is 0 Å². The number of hydrogen-bond donors (Lipinski definition) is 1. The van der Waals surface area contributed by atoms with E-state index in [0.717, 1.165) is 6.54 Å². The van der Waals surface area contributed by atoms with Gasteiger partial charge >= 0.3 is 0 Å². The fraction of sp³-hybridized carbons (Fsp3) is 0.375. The van der Waals surface area contributed by atoms with E-state index in [0.29, 0.717) is 5.84 Å². The van der Waals surface area contributed by atoms with Crippen LogP contribution < -0.4 is 0 Å². The first-order valence-corrected chi connectivity index (χ1v) is 4.37. The molecule has 0 aliphatic rings. The third-order valence-corrected chi connectivity index (χ3v) is 2.41. The molecule has 0 unspecified atom stereocenters. The van der Waals surface area contributed by atoms with Gasteiger partial charge in [-0.1, -0.05) is 6.07 Å². The average molecular weight is 168 g/mol. The quantitative estimate of drug-likeness (QED) is 0.532. The first kappa shape index (κ1) is 8.27. The predicted octanol–water partition coefficient (Wildman–Crippen LogP) is 2.18. The van der Waals surface area contributed by atoms with Gasteiger partial charge in [0.05, 0.1) is 12.4 Å². The molecule has 1 aromatic heterocycles. The number of thiophene rings is 1. The van der Waals surface area contributed by atoms with Gasteiger partial charge in [-0.3, -0.25) is 5.41 Å². The molecule has 0 atom stereocenters. The van der Waals surface area contributed by atoms with Crippen molar-refractivity contribution in [3.63, 3.8) is 0 Å². The Morgan fingerprint density at radius 3 is 2.91 bits per heavy atom. The van der Waals surface area contributed by atoms with Crippen LogP contribution >= 0.6 is 11.3 Å². The van der Waals surface area contributed by atoms with Gasteiger partial charge in [0.25, 0.3) is 0 Å². The third-order valence-electron chi connectivity index (χ3n) is 1.55. The van der Waals surface area contributed by atoms with E-state index in [1.807, 2.05) is 18.0 Å². The zero-order chi connectivity index (χ0) is 8.27. The van der Waals surface area contributed by atoms with Crippen LogP contribution in [0.5, 0.6) is 0 Å². The molecule has 0 aromatic carbocycles. The molecule has 0 radical (unpaired) electrons. The summed E-state index contributed by atoms with van der Waals surface area (Å²) >= 11 is 1.73. The highest BCUT2D eigenvalue weighted by Crippen LogP contribution is 2.10. The smallest absolute Gasteiger partial charge is 0.0926 e. The van der Waals surface area contributed by atoms with Gasteiger partial charge in [-0.25, -0.2) is 0 Å². The fourth-order valence-electron chi connectivity index (χ4n) is 0.755. The lowest BCUT2D eigenvalue weighted by molar-refractivity contribution is 0.499. The Bertz CT molecular complexity index is 228. The molecular weight excluding hydrogens is 156 g/mol. The largest absolute Gasteiger partial charge is 0.359 e. The van der Waals surface area contributed by atoms with Crippen molar-refractivity contribution in [2.45, 2.75) is 13.5 Å². The summed E-state index contributed by atoms with van der Waals surface area (Å²) in [4.78, 5) is 3.23. The third kappa shape index (κ3) is 2.35. The first-order valence-electron chi connectivity index (χ1n) is 3.49. The number of hydrogen-bond acceptors (Lipinski definition) is 2. The standard InChI is InChI=1S/C8H12N2S/c1-7(9)10(2)6-8-4-3-5-11-8/h3-5,9H,6H2,1-2H3. The molecule has 60 valence electrons. The summed E-state index contributed by atoms with van der Waals surface area (Å²) in [5, 5.41) is 9.39. The molecular formula is C8H12N2S. The van der Waals surface area contributed by atoms with E-state index in [2.05, 4.69) is 11.4 Å². The van der Waals surface area contributed by atoms with Gasteiger partial charge < -0.3 is 4.90 Å². The van der Waals surface area contributed by atoms with Crippen LogP contribution in [0.25, 0.3) is 0 Å². The van der Waals surface area contributed by atoms with Crippen LogP contribution in [-0.2, 0) is 6.54 Å². The Balaban J connectivity index is 2.50. The van der Waals surface area contributed by atoms with Crippen LogP contribution in [0.15, 0.2) is 17.5 Å². The van der Waals surface area contributed by atoms with Crippen molar-refractivity contribution >= 4 is 17.2 Å². The van der Waals surface area contributed by atoms with E-state index in [9.17, 15) is 0 Å². The molecule has 0 saturated carbocycles. The Hall–Kier alpha value is -0.830. The predicted molar refractivity (Wildman–Crippen MR) is 49.2 cm³/mol. The summed E-state index contributed by atoms with van der Waals surface area (Å²) in [6, 6.07) is 4.12. The van der Waals surface area contributed by atoms with Gasteiger partial charge in [0.15, 0.2) is 0 Å². The normalized spacial score (nSPS) is 9.64. The summed E-state index contributed by atoms with van der Waals surface area (Å²) in [6.45, 7) is 2.65. The zero-order valence-corrected chi connectivity index (χ0v) is 7.61. The second kappa shape index (κ2) is 3.53. The van der Waals surface area contributed by atoms with Crippen LogP contribution in [-0.4, -0.2) is 17.8 Å². The van der Waals surface area contributed by atoms with E-state index < -0.39 is 0 Å². The maximum Gasteiger partial charge on any atom is 0.0926 e. The van der Waals surface area contributed by atoms with E-state index >= 15 is 0 Å². The van der Waals surface area contributed by atoms with Crippen LogP contribution in [0.3, 0.4) is 0 Å². The number of nitrogens with one attached hydrogen (secondary N) is 1. The van der Waals surface area contributed by atoms with Crippen LogP contribution in [0, 0.1) is 5.41 Å². The van der Waals surface area contributed by atoms with Gasteiger partial charge in [0.2, 0.25) is 0 Å². The Labute approximate surface area is 71.0 Å². The van der Waals surface area contributed by atoms with Gasteiger partial charge in [-0.2, -0.15) is 0 Å². The van der Waals surface area contributed by atoms with E-state index in [4.69, 9.17) is 5.41 Å². The molecule has 1 N–H and O–H groups in total. The van der Waals surface area contributed by atoms with Gasteiger partial charge in [-0.05, 0) is 18.4 Å². The lowest BCUT2D eigenvalue weighted by atomic mass is 10.4. The molecule has 1 aromatic rings. The zero-order valence-electron chi connectivity index (χ0n) is 6.79. The summed E-state index contributed by atoms with van der Waals surface area (Å²) in [7, 11) is 1.93. The first-order chi connectivity index (χ1) is 5.20. The van der Waals surface area contributed by atoms with E-state index in [-0.39, 0.29) is 0 Å². The Morgan fingerprint density at radius 2 is 2.45 bits per heavy atom. The molecule has 1 heterocycles. The lowest BCUT2D eigenvalue weighted by Crippen LogP contribution is -2.21. The lowest BCUT2D eigenvalue weighted by Gasteiger charge is -2.15. The number of rotatable bonds is 2. The second-order valence-corrected chi connectivity index (χ2v) is 3.55. The Morgan fingerprint density at radius 1 is 1.73 bits per heavy atom. The SMILES string of the molecule is CC(=N)N(C)Cc1cccs1. The molecule has 0 saturated heterocycles. The highest BCUT2D eigenvalue weighted by molar-refractivity contribution is 7.09. The molecule has 1 rings (SSSR count). The minimum atomic E-state index is 0.610. The van der Waals surface area contributed by atoms with Crippen molar-refractivity contribution in [1.82, 2.24) is 4.90 Å². The molecule has 0 bridgehead atoms. The van der Waals surface area contributed by atoms with Crippen molar-refractivity contribution < 1.29 is 0 Å². The van der Waals surface area contributed by atoms with Crippen LogP contribution in [0.1, 0.15) is 11.8 Å². The van der Waals surface area contributed by atoms with Crippen LogP contribution in [0.4, 0.5) is 0 Å². The molecule has 0 aliphatic carbocycles. The molecule has 11 heavy (non-hydrogen) atoms. The second-order valence-electron chi connectivity index (χ2n) is 2.52. The maximum atomic E-state index is 7.33. The van der Waals surface area contributed by atoms with Gasteiger partial charge in [0.1, 0.15) is 0 Å². The summed E-state index contributed by atoms with van der Waals surface area (Å²) in [5.41, 5.74) is 0. The van der Waals surface area contributed by atoms with Gasteiger partial charge in [0, 0.05) is 11.9 Å². The van der Waals surface area contributed by atoms with Crippen molar-refractivity contribution in [2.75, 3.05) is 7.05 Å². The minimum absolute atomic E-state index is 0.610. The molecule has 3 heteroatoms. The molecule has 0 spiro atoms. The van der Waals surface area contributed by atoms with Crippen molar-refractivity contribution in [1.29, 1.82) is 5.41 Å². The highest BCUT2D eigenvalue weighted by Gasteiger charge is 1.99. The number of nitrogens with zero attached hydrogens (tertiary/aromatic N) is 1. The monoisotopic (exact) mass is 168 g/mol. The molecule has 0 fully saturated rings. The molecule has 0 aliphatic heterocycles. The summed E-state index contributed by atoms with van der Waals surface area (Å²) in [5.74, 6) is 0.610. The minimum Gasteiger partial charge on any atom is -0.359 e. The average Bonchev–Trinajstić information content (AvgIpc) is 2.39. The summed E-state index contributed by atoms with van der Waals surface area (Å²) in [6.07, 6.45) is 0. The maximum absolute atomic E-state index is 7.33. The van der Waals surface area contributed by atoms with Crippen molar-refractivity contribution in [2.24, 2.45) is 0 Å². The van der Waals surface area contributed by atoms with Gasteiger partial charge in [-0.15, -0.1) is 11.3 Å². The van der Waals surface area contributed by atoms with Crippen molar-refractivity contribution in [3.05, 3.63) is 22.4 Å². The fourth-order valence-corrected chi connectivity index (χ4v) is 1.51. The topological polar surface area (TPSA) is 27.1 Å². The Kier molecular flexibility index (Phi) is 2.65. The molecule has 0 amide bonds. The summed E-state index contributed by atoms with van der Waals surface area (Å²) < 4.78 is 0. The molecule has 2 nitrogen and oxygen atoms in total. The van der Waals surface area contributed by atoms with E-state index in [1.165, 1.54) is 4.88 Å².